The first kappa shape index (κ1) is 17.7. The summed E-state index contributed by atoms with van der Waals surface area (Å²) in [5.74, 6) is 0.442. The molecule has 1 unspecified atom stereocenters. The largest absolute Gasteiger partial charge is 0.435 e. The number of amides is 1. The van der Waals surface area contributed by atoms with Crippen LogP contribution in [0.1, 0.15) is 50.2 Å². The Balaban J connectivity index is 1.75. The van der Waals surface area contributed by atoms with Crippen LogP contribution in [-0.4, -0.2) is 24.2 Å². The number of benzene rings is 1. The lowest BCUT2D eigenvalue weighted by Crippen LogP contribution is -2.30. The molecule has 128 valence electrons. The molecular weight excluding hydrogens is 304 g/mol. The Labute approximate surface area is 134 Å². The van der Waals surface area contributed by atoms with E-state index in [0.29, 0.717) is 17.9 Å². The van der Waals surface area contributed by atoms with E-state index in [4.69, 9.17) is 0 Å². The van der Waals surface area contributed by atoms with Gasteiger partial charge in [-0.1, -0.05) is 31.4 Å². The molecule has 1 aromatic carbocycles. The molecule has 23 heavy (non-hydrogen) atoms. The molecule has 0 aliphatic heterocycles. The second kappa shape index (κ2) is 8.82. The minimum absolute atomic E-state index is 0.0392. The van der Waals surface area contributed by atoms with Gasteiger partial charge in [0.05, 0.1) is 6.10 Å². The summed E-state index contributed by atoms with van der Waals surface area (Å²) < 4.78 is 28.4. The average molecular weight is 327 g/mol. The van der Waals surface area contributed by atoms with Crippen LogP contribution in [0.3, 0.4) is 0 Å². The van der Waals surface area contributed by atoms with E-state index in [-0.39, 0.29) is 18.2 Å². The van der Waals surface area contributed by atoms with Crippen molar-refractivity contribution in [3.63, 3.8) is 0 Å². The minimum Gasteiger partial charge on any atom is -0.435 e. The molecule has 1 fully saturated rings. The van der Waals surface area contributed by atoms with Crippen molar-refractivity contribution in [2.45, 2.75) is 51.2 Å². The fourth-order valence-electron chi connectivity index (χ4n) is 2.93. The first-order valence-corrected chi connectivity index (χ1v) is 8.04. The van der Waals surface area contributed by atoms with Gasteiger partial charge in [-0.05, 0) is 36.5 Å². The summed E-state index contributed by atoms with van der Waals surface area (Å²) in [6.45, 7) is -2.76. The van der Waals surface area contributed by atoms with E-state index in [2.05, 4.69) is 10.1 Å². The molecule has 1 saturated carbocycles. The maximum atomic E-state index is 12.1. The number of rotatable bonds is 7. The van der Waals surface area contributed by atoms with Crippen LogP contribution in [0, 0.1) is 5.92 Å². The van der Waals surface area contributed by atoms with Crippen LogP contribution in [0.25, 0.3) is 0 Å². The summed E-state index contributed by atoms with van der Waals surface area (Å²) in [6, 6.07) is 5.76. The number of hydrogen-bond donors (Lipinski definition) is 2. The summed E-state index contributed by atoms with van der Waals surface area (Å²) in [7, 11) is 0. The number of carbonyl (C=O) groups is 1. The molecular formula is C17H23F2NO3. The average Bonchev–Trinajstić information content (AvgIpc) is 2.54. The fraction of sp³-hybridized carbons (Fsp3) is 0.588. The van der Waals surface area contributed by atoms with Gasteiger partial charge in [-0.15, -0.1) is 0 Å². The van der Waals surface area contributed by atoms with E-state index in [0.717, 1.165) is 12.8 Å². The van der Waals surface area contributed by atoms with Crippen LogP contribution < -0.4 is 10.1 Å². The Kier molecular flexibility index (Phi) is 6.77. The van der Waals surface area contributed by atoms with Crippen LogP contribution in [0.15, 0.2) is 24.3 Å². The monoisotopic (exact) mass is 327 g/mol. The van der Waals surface area contributed by atoms with E-state index in [1.807, 2.05) is 0 Å². The molecule has 6 heteroatoms. The molecule has 1 atom stereocenters. The summed E-state index contributed by atoms with van der Waals surface area (Å²) >= 11 is 0. The number of carbonyl (C=O) groups excluding carboxylic acids is 1. The number of ether oxygens (including phenoxy) is 1. The van der Waals surface area contributed by atoms with Crippen molar-refractivity contribution in [2.24, 2.45) is 5.92 Å². The number of hydrogen-bond acceptors (Lipinski definition) is 3. The van der Waals surface area contributed by atoms with Crippen molar-refractivity contribution in [3.05, 3.63) is 29.8 Å². The van der Waals surface area contributed by atoms with E-state index in [1.54, 1.807) is 0 Å². The van der Waals surface area contributed by atoms with Crippen LogP contribution >= 0.6 is 0 Å². The maximum Gasteiger partial charge on any atom is 0.387 e. The Morgan fingerprint density at radius 1 is 1.22 bits per heavy atom. The minimum atomic E-state index is -2.87. The molecule has 0 saturated heterocycles. The number of alkyl halides is 2. The number of aliphatic hydroxyl groups is 1. The molecule has 4 nitrogen and oxygen atoms in total. The third kappa shape index (κ3) is 6.14. The van der Waals surface area contributed by atoms with Crippen molar-refractivity contribution < 1.29 is 23.4 Å². The van der Waals surface area contributed by atoms with Crippen LogP contribution in [0.5, 0.6) is 5.75 Å². The van der Waals surface area contributed by atoms with Gasteiger partial charge in [0.2, 0.25) is 5.91 Å². The Hall–Kier alpha value is -1.69. The molecule has 0 heterocycles. The van der Waals surface area contributed by atoms with E-state index < -0.39 is 12.7 Å². The smallest absolute Gasteiger partial charge is 0.387 e. The quantitative estimate of drug-likeness (QED) is 0.807. The number of aliphatic hydroxyl groups excluding tert-OH is 1. The van der Waals surface area contributed by atoms with Crippen molar-refractivity contribution in [1.82, 2.24) is 5.32 Å². The van der Waals surface area contributed by atoms with E-state index in [1.165, 1.54) is 43.5 Å². The van der Waals surface area contributed by atoms with Crippen molar-refractivity contribution in [2.75, 3.05) is 6.54 Å². The Morgan fingerprint density at radius 3 is 2.48 bits per heavy atom. The summed E-state index contributed by atoms with van der Waals surface area (Å²) in [5.41, 5.74) is 0.546. The Morgan fingerprint density at radius 2 is 1.87 bits per heavy atom. The second-order valence-corrected chi connectivity index (χ2v) is 5.98. The molecule has 1 aliphatic rings. The van der Waals surface area contributed by atoms with Gasteiger partial charge in [-0.3, -0.25) is 4.79 Å². The van der Waals surface area contributed by atoms with E-state index >= 15 is 0 Å². The summed E-state index contributed by atoms with van der Waals surface area (Å²) in [6.07, 6.45) is 5.46. The summed E-state index contributed by atoms with van der Waals surface area (Å²) in [4.78, 5) is 11.9. The normalized spacial score (nSPS) is 17.0. The molecule has 0 aromatic heterocycles. The molecule has 0 radical (unpaired) electrons. The van der Waals surface area contributed by atoms with Crippen molar-refractivity contribution >= 4 is 5.91 Å². The number of halogens is 2. The zero-order valence-electron chi connectivity index (χ0n) is 13.0. The molecule has 1 aromatic rings. The highest BCUT2D eigenvalue weighted by atomic mass is 19.3. The third-order valence-corrected chi connectivity index (χ3v) is 4.18. The SMILES string of the molecule is O=C(CC1CCCCC1)NCC(O)c1ccc(OC(F)F)cc1. The zero-order valence-corrected chi connectivity index (χ0v) is 13.0. The van der Waals surface area contributed by atoms with Gasteiger partial charge in [-0.2, -0.15) is 8.78 Å². The van der Waals surface area contributed by atoms with Gasteiger partial charge in [-0.25, -0.2) is 0 Å². The van der Waals surface area contributed by atoms with Crippen LogP contribution in [0.4, 0.5) is 8.78 Å². The van der Waals surface area contributed by atoms with Gasteiger partial charge >= 0.3 is 6.61 Å². The van der Waals surface area contributed by atoms with Crippen molar-refractivity contribution in [1.29, 1.82) is 0 Å². The lowest BCUT2D eigenvalue weighted by molar-refractivity contribution is -0.122. The highest BCUT2D eigenvalue weighted by Crippen LogP contribution is 2.26. The summed E-state index contributed by atoms with van der Waals surface area (Å²) in [5, 5.41) is 12.8. The zero-order chi connectivity index (χ0) is 16.7. The topological polar surface area (TPSA) is 58.6 Å². The lowest BCUT2D eigenvalue weighted by Gasteiger charge is -2.21. The highest BCUT2D eigenvalue weighted by molar-refractivity contribution is 5.76. The predicted octanol–water partition coefficient (Wildman–Crippen LogP) is 3.41. The molecule has 1 amide bonds. The van der Waals surface area contributed by atoms with Gasteiger partial charge in [0, 0.05) is 13.0 Å². The van der Waals surface area contributed by atoms with Crippen LogP contribution in [-0.2, 0) is 4.79 Å². The van der Waals surface area contributed by atoms with Gasteiger partial charge in [0.1, 0.15) is 5.75 Å². The second-order valence-electron chi connectivity index (χ2n) is 5.98. The molecule has 1 aliphatic carbocycles. The highest BCUT2D eigenvalue weighted by Gasteiger charge is 2.17. The molecule has 0 spiro atoms. The Bertz CT molecular complexity index is 487. The molecule has 2 rings (SSSR count). The standard InChI is InChI=1S/C17H23F2NO3/c18-17(19)23-14-8-6-13(7-9-14)15(21)11-20-16(22)10-12-4-2-1-3-5-12/h6-9,12,15,17,21H,1-5,10-11H2,(H,20,22). The van der Waals surface area contributed by atoms with Gasteiger partial charge in [0.25, 0.3) is 0 Å². The fourth-order valence-corrected chi connectivity index (χ4v) is 2.93. The van der Waals surface area contributed by atoms with E-state index in [9.17, 15) is 18.7 Å². The molecule has 2 N–H and O–H groups in total. The molecule has 0 bridgehead atoms. The first-order chi connectivity index (χ1) is 11.0. The first-order valence-electron chi connectivity index (χ1n) is 8.04. The van der Waals surface area contributed by atoms with Crippen molar-refractivity contribution in [3.8, 4) is 5.75 Å². The lowest BCUT2D eigenvalue weighted by atomic mass is 9.87. The van der Waals surface area contributed by atoms with Gasteiger partial charge < -0.3 is 15.2 Å². The van der Waals surface area contributed by atoms with Crippen LogP contribution in [0.2, 0.25) is 0 Å². The number of nitrogens with one attached hydrogen (secondary N) is 1. The third-order valence-electron chi connectivity index (χ3n) is 4.18. The predicted molar refractivity (Wildman–Crippen MR) is 82.2 cm³/mol. The van der Waals surface area contributed by atoms with Gasteiger partial charge in [0.15, 0.2) is 0 Å². The maximum absolute atomic E-state index is 12.1.